The number of fused-ring (bicyclic) bond motifs is 1. The fraction of sp³-hybridized carbons (Fsp3) is 0.625. The Kier molecular flexibility index (Phi) is 3.58. The molecule has 0 aromatic heterocycles. The van der Waals surface area contributed by atoms with Crippen LogP contribution in [0.4, 0.5) is 0 Å². The first-order chi connectivity index (χ1) is 9.50. The van der Waals surface area contributed by atoms with Gasteiger partial charge >= 0.3 is 0 Å². The smallest absolute Gasteiger partial charge is 0.0940 e. The normalized spacial score (nSPS) is 33.1. The van der Waals surface area contributed by atoms with Gasteiger partial charge < -0.3 is 15.6 Å². The number of aliphatic hydroxyl groups is 1. The molecule has 3 N–H and O–H groups in total. The summed E-state index contributed by atoms with van der Waals surface area (Å²) in [6.45, 7) is 5.88. The van der Waals surface area contributed by atoms with Gasteiger partial charge in [-0.1, -0.05) is 24.3 Å². The molecule has 0 radical (unpaired) electrons. The molecule has 4 nitrogen and oxygen atoms in total. The molecule has 3 rings (SSSR count). The molecule has 1 aromatic rings. The Morgan fingerprint density at radius 1 is 1.35 bits per heavy atom. The van der Waals surface area contributed by atoms with Gasteiger partial charge in [-0.25, -0.2) is 0 Å². The number of morpholine rings is 1. The summed E-state index contributed by atoms with van der Waals surface area (Å²) in [5, 5.41) is 9.45. The van der Waals surface area contributed by atoms with Crippen LogP contribution in [0.2, 0.25) is 0 Å². The van der Waals surface area contributed by atoms with Crippen LogP contribution in [-0.2, 0) is 4.74 Å². The lowest BCUT2D eigenvalue weighted by Gasteiger charge is -2.45. The molecule has 1 aliphatic carbocycles. The summed E-state index contributed by atoms with van der Waals surface area (Å²) in [6.07, 6.45) is 0.843. The van der Waals surface area contributed by atoms with Crippen molar-refractivity contribution in [2.24, 2.45) is 5.73 Å². The minimum Gasteiger partial charge on any atom is -0.394 e. The molecule has 1 heterocycles. The minimum atomic E-state index is -0.229. The van der Waals surface area contributed by atoms with E-state index in [1.807, 2.05) is 0 Å². The van der Waals surface area contributed by atoms with Crippen molar-refractivity contribution in [1.82, 2.24) is 4.90 Å². The van der Waals surface area contributed by atoms with Crippen LogP contribution in [0.1, 0.15) is 43.5 Å². The number of ether oxygens (including phenoxy) is 1. The highest BCUT2D eigenvalue weighted by molar-refractivity contribution is 5.37. The summed E-state index contributed by atoms with van der Waals surface area (Å²) in [5.74, 6) is 0. The van der Waals surface area contributed by atoms with Gasteiger partial charge in [0.25, 0.3) is 0 Å². The van der Waals surface area contributed by atoms with Crippen molar-refractivity contribution < 1.29 is 9.84 Å². The van der Waals surface area contributed by atoms with Crippen molar-refractivity contribution in [3.05, 3.63) is 35.4 Å². The first-order valence-electron chi connectivity index (χ1n) is 7.37. The van der Waals surface area contributed by atoms with Crippen molar-refractivity contribution in [3.8, 4) is 0 Å². The van der Waals surface area contributed by atoms with E-state index in [-0.39, 0.29) is 24.4 Å². The molecule has 1 fully saturated rings. The number of benzene rings is 1. The van der Waals surface area contributed by atoms with E-state index >= 15 is 0 Å². The van der Waals surface area contributed by atoms with Crippen LogP contribution in [0.25, 0.3) is 0 Å². The average Bonchev–Trinajstić information content (AvgIpc) is 2.75. The Balaban J connectivity index is 1.86. The van der Waals surface area contributed by atoms with Crippen molar-refractivity contribution >= 4 is 0 Å². The Morgan fingerprint density at radius 2 is 2.05 bits per heavy atom. The number of hydrogen-bond acceptors (Lipinski definition) is 4. The van der Waals surface area contributed by atoms with Gasteiger partial charge in [-0.3, -0.25) is 4.90 Å². The fourth-order valence-electron chi connectivity index (χ4n) is 3.67. The van der Waals surface area contributed by atoms with E-state index in [1.165, 1.54) is 11.1 Å². The second-order valence-electron chi connectivity index (χ2n) is 6.60. The second kappa shape index (κ2) is 5.11. The Labute approximate surface area is 120 Å². The Bertz CT molecular complexity index is 489. The highest BCUT2D eigenvalue weighted by Crippen LogP contribution is 2.42. The lowest BCUT2D eigenvalue weighted by Crippen LogP contribution is -2.54. The van der Waals surface area contributed by atoms with Crippen LogP contribution >= 0.6 is 0 Å². The molecule has 1 aliphatic heterocycles. The molecular formula is C16H24N2O2. The maximum atomic E-state index is 9.45. The predicted octanol–water partition coefficient (Wildman–Crippen LogP) is 1.60. The summed E-state index contributed by atoms with van der Waals surface area (Å²) in [7, 11) is 0. The molecule has 0 saturated carbocycles. The van der Waals surface area contributed by atoms with Crippen LogP contribution in [-0.4, -0.2) is 41.4 Å². The largest absolute Gasteiger partial charge is 0.394 e. The summed E-state index contributed by atoms with van der Waals surface area (Å²) in [6, 6.07) is 8.92. The fourth-order valence-corrected chi connectivity index (χ4v) is 3.67. The van der Waals surface area contributed by atoms with Crippen molar-refractivity contribution in [2.75, 3.05) is 19.7 Å². The predicted molar refractivity (Wildman–Crippen MR) is 78.3 cm³/mol. The first kappa shape index (κ1) is 14.0. The third-order valence-corrected chi connectivity index (χ3v) is 4.38. The Morgan fingerprint density at radius 3 is 2.75 bits per heavy atom. The second-order valence-corrected chi connectivity index (χ2v) is 6.60. The monoisotopic (exact) mass is 276 g/mol. The topological polar surface area (TPSA) is 58.7 Å². The standard InChI is InChI=1S/C16H24N2O2/c1-16(2)10-18(8-11(9-19)20-16)15-7-14(17)12-5-3-4-6-13(12)15/h3-6,11,14-15,19H,7-10,17H2,1-2H3. The summed E-state index contributed by atoms with van der Waals surface area (Å²) in [4.78, 5) is 2.43. The zero-order valence-electron chi connectivity index (χ0n) is 12.2. The van der Waals surface area contributed by atoms with E-state index in [4.69, 9.17) is 10.5 Å². The summed E-state index contributed by atoms with van der Waals surface area (Å²) >= 11 is 0. The number of nitrogens with two attached hydrogens (primary N) is 1. The molecule has 3 unspecified atom stereocenters. The third kappa shape index (κ3) is 2.49. The quantitative estimate of drug-likeness (QED) is 0.861. The molecule has 2 aliphatic rings. The van der Waals surface area contributed by atoms with E-state index < -0.39 is 0 Å². The highest BCUT2D eigenvalue weighted by Gasteiger charge is 2.40. The Hall–Kier alpha value is -0.940. The first-order valence-corrected chi connectivity index (χ1v) is 7.37. The summed E-state index contributed by atoms with van der Waals surface area (Å²) in [5.41, 5.74) is 8.65. The zero-order valence-corrected chi connectivity index (χ0v) is 12.2. The molecule has 0 bridgehead atoms. The van der Waals surface area contributed by atoms with Crippen LogP contribution in [0, 0.1) is 0 Å². The average molecular weight is 276 g/mol. The van der Waals surface area contributed by atoms with Gasteiger partial charge in [0, 0.05) is 25.2 Å². The maximum absolute atomic E-state index is 9.45. The van der Waals surface area contributed by atoms with Gasteiger partial charge in [-0.2, -0.15) is 0 Å². The minimum absolute atomic E-state index is 0.0698. The van der Waals surface area contributed by atoms with E-state index in [1.54, 1.807) is 0 Å². The molecule has 110 valence electrons. The van der Waals surface area contributed by atoms with Crippen molar-refractivity contribution in [1.29, 1.82) is 0 Å². The molecule has 1 saturated heterocycles. The number of aliphatic hydroxyl groups excluding tert-OH is 1. The molecule has 0 amide bonds. The van der Waals surface area contributed by atoms with Gasteiger partial charge in [-0.15, -0.1) is 0 Å². The van der Waals surface area contributed by atoms with Crippen molar-refractivity contribution in [3.63, 3.8) is 0 Å². The molecule has 3 atom stereocenters. The van der Waals surface area contributed by atoms with Crippen LogP contribution in [0.3, 0.4) is 0 Å². The maximum Gasteiger partial charge on any atom is 0.0940 e. The lowest BCUT2D eigenvalue weighted by molar-refractivity contribution is -0.157. The zero-order chi connectivity index (χ0) is 14.3. The van der Waals surface area contributed by atoms with Crippen LogP contribution < -0.4 is 5.73 Å². The molecule has 0 spiro atoms. The summed E-state index contributed by atoms with van der Waals surface area (Å²) < 4.78 is 5.90. The van der Waals surface area contributed by atoms with Gasteiger partial charge in [0.2, 0.25) is 0 Å². The number of rotatable bonds is 2. The number of hydrogen-bond donors (Lipinski definition) is 2. The third-order valence-electron chi connectivity index (χ3n) is 4.38. The van der Waals surface area contributed by atoms with Gasteiger partial charge in [0.1, 0.15) is 0 Å². The van der Waals surface area contributed by atoms with Crippen LogP contribution in [0.5, 0.6) is 0 Å². The van der Waals surface area contributed by atoms with Crippen LogP contribution in [0.15, 0.2) is 24.3 Å². The molecule has 20 heavy (non-hydrogen) atoms. The van der Waals surface area contributed by atoms with E-state index in [0.717, 1.165) is 19.5 Å². The molecule has 4 heteroatoms. The van der Waals surface area contributed by atoms with E-state index in [9.17, 15) is 5.11 Å². The van der Waals surface area contributed by atoms with Crippen molar-refractivity contribution in [2.45, 2.75) is 44.1 Å². The van der Waals surface area contributed by atoms with Gasteiger partial charge in [0.15, 0.2) is 0 Å². The number of nitrogens with zero attached hydrogens (tertiary/aromatic N) is 1. The lowest BCUT2D eigenvalue weighted by atomic mass is 10.0. The molecule has 1 aromatic carbocycles. The van der Waals surface area contributed by atoms with Gasteiger partial charge in [0.05, 0.1) is 18.3 Å². The van der Waals surface area contributed by atoms with E-state index in [2.05, 4.69) is 43.0 Å². The SMILES string of the molecule is CC1(C)CN(C2CC(N)c3ccccc32)CC(CO)O1. The molecular weight excluding hydrogens is 252 g/mol. The van der Waals surface area contributed by atoms with E-state index in [0.29, 0.717) is 6.04 Å². The highest BCUT2D eigenvalue weighted by atomic mass is 16.5. The van der Waals surface area contributed by atoms with Gasteiger partial charge in [-0.05, 0) is 31.4 Å².